The normalized spacial score (nSPS) is 10.6. The van der Waals surface area contributed by atoms with E-state index in [9.17, 15) is 13.2 Å². The first-order valence-electron chi connectivity index (χ1n) is 5.50. The van der Waals surface area contributed by atoms with E-state index in [1.807, 2.05) is 13.8 Å². The lowest BCUT2D eigenvalue weighted by molar-refractivity contribution is -0.274. The van der Waals surface area contributed by atoms with Crippen molar-refractivity contribution in [1.29, 1.82) is 0 Å². The molecular formula is C12H12BrF3N2O. The fourth-order valence-electron chi connectivity index (χ4n) is 1.24. The van der Waals surface area contributed by atoms with Gasteiger partial charge in [0.1, 0.15) is 5.75 Å². The van der Waals surface area contributed by atoms with E-state index >= 15 is 0 Å². The van der Waals surface area contributed by atoms with Gasteiger partial charge in [-0.25, -0.2) is 4.68 Å². The number of nitrogens with zero attached hydrogens (tertiary/aromatic N) is 2. The lowest BCUT2D eigenvalue weighted by atomic mass is 10.3. The molecule has 7 heteroatoms. The van der Waals surface area contributed by atoms with E-state index < -0.39 is 6.36 Å². The monoisotopic (exact) mass is 336 g/mol. The molecule has 0 N–H and O–H groups in total. The summed E-state index contributed by atoms with van der Waals surface area (Å²) >= 11 is 3.23. The predicted molar refractivity (Wildman–Crippen MR) is 69.3 cm³/mol. The van der Waals surface area contributed by atoms with Crippen molar-refractivity contribution in [3.8, 4) is 11.4 Å². The molecule has 19 heavy (non-hydrogen) atoms. The topological polar surface area (TPSA) is 27.1 Å². The standard InChI is InChI=1S/C10H6BrF3N2O.C2H6/c11-7-5-15-16(6-7)8-1-3-9(4-2-8)17-10(12,13)14;1-2/h1-6H;1-2H3. The van der Waals surface area contributed by atoms with Crippen LogP contribution in [0.1, 0.15) is 13.8 Å². The smallest absolute Gasteiger partial charge is 0.406 e. The molecule has 1 heterocycles. The minimum Gasteiger partial charge on any atom is -0.406 e. The van der Waals surface area contributed by atoms with Gasteiger partial charge in [0.25, 0.3) is 0 Å². The van der Waals surface area contributed by atoms with E-state index in [4.69, 9.17) is 0 Å². The van der Waals surface area contributed by atoms with Gasteiger partial charge in [0, 0.05) is 6.20 Å². The van der Waals surface area contributed by atoms with Gasteiger partial charge in [-0.1, -0.05) is 13.8 Å². The van der Waals surface area contributed by atoms with Crippen LogP contribution >= 0.6 is 15.9 Å². The van der Waals surface area contributed by atoms with Crippen molar-refractivity contribution in [2.24, 2.45) is 0 Å². The van der Waals surface area contributed by atoms with Crippen molar-refractivity contribution in [1.82, 2.24) is 9.78 Å². The summed E-state index contributed by atoms with van der Waals surface area (Å²) in [5, 5.41) is 4.00. The molecule has 0 saturated heterocycles. The summed E-state index contributed by atoms with van der Waals surface area (Å²) in [5.74, 6) is -0.257. The van der Waals surface area contributed by atoms with E-state index in [1.54, 1.807) is 12.4 Å². The lowest BCUT2D eigenvalue weighted by Gasteiger charge is -2.09. The van der Waals surface area contributed by atoms with Gasteiger partial charge in [-0.3, -0.25) is 0 Å². The molecule has 0 aliphatic rings. The Hall–Kier alpha value is -1.50. The Bertz CT molecular complexity index is 508. The highest BCUT2D eigenvalue weighted by Crippen LogP contribution is 2.23. The van der Waals surface area contributed by atoms with E-state index in [2.05, 4.69) is 25.8 Å². The van der Waals surface area contributed by atoms with Crippen molar-refractivity contribution in [2.45, 2.75) is 20.2 Å². The van der Waals surface area contributed by atoms with Crippen LogP contribution in [0.3, 0.4) is 0 Å². The summed E-state index contributed by atoms with van der Waals surface area (Å²) < 4.78 is 41.8. The van der Waals surface area contributed by atoms with Crippen LogP contribution in [-0.4, -0.2) is 16.1 Å². The second kappa shape index (κ2) is 6.60. The van der Waals surface area contributed by atoms with Gasteiger partial charge in [-0.2, -0.15) is 5.10 Å². The van der Waals surface area contributed by atoms with E-state index in [1.165, 1.54) is 28.9 Å². The van der Waals surface area contributed by atoms with Crippen molar-refractivity contribution in [3.63, 3.8) is 0 Å². The Morgan fingerprint density at radius 2 is 1.74 bits per heavy atom. The van der Waals surface area contributed by atoms with Crippen molar-refractivity contribution in [2.75, 3.05) is 0 Å². The van der Waals surface area contributed by atoms with Gasteiger partial charge >= 0.3 is 6.36 Å². The second-order valence-electron chi connectivity index (χ2n) is 3.14. The lowest BCUT2D eigenvalue weighted by Crippen LogP contribution is -2.17. The largest absolute Gasteiger partial charge is 0.573 e. The van der Waals surface area contributed by atoms with Crippen molar-refractivity contribution in [3.05, 3.63) is 41.1 Å². The molecule has 3 nitrogen and oxygen atoms in total. The maximum Gasteiger partial charge on any atom is 0.573 e. The third kappa shape index (κ3) is 4.94. The zero-order valence-corrected chi connectivity index (χ0v) is 11.9. The molecule has 104 valence electrons. The third-order valence-electron chi connectivity index (χ3n) is 1.89. The van der Waals surface area contributed by atoms with Crippen molar-refractivity contribution >= 4 is 15.9 Å². The molecule has 1 aromatic carbocycles. The molecule has 0 radical (unpaired) electrons. The first-order valence-corrected chi connectivity index (χ1v) is 6.30. The van der Waals surface area contributed by atoms with Gasteiger partial charge < -0.3 is 4.74 Å². The van der Waals surface area contributed by atoms with E-state index in [0.717, 1.165) is 4.47 Å². The van der Waals surface area contributed by atoms with Gasteiger partial charge in [-0.05, 0) is 40.2 Å². The summed E-state index contributed by atoms with van der Waals surface area (Å²) in [4.78, 5) is 0. The first-order chi connectivity index (χ1) is 8.94. The fraction of sp³-hybridized carbons (Fsp3) is 0.250. The number of aromatic nitrogens is 2. The number of rotatable bonds is 2. The summed E-state index contributed by atoms with van der Waals surface area (Å²) in [6.45, 7) is 4.00. The Morgan fingerprint density at radius 1 is 1.16 bits per heavy atom. The molecule has 0 aliphatic carbocycles. The molecule has 2 aromatic rings. The molecule has 0 bridgehead atoms. The van der Waals surface area contributed by atoms with Gasteiger partial charge in [0.15, 0.2) is 0 Å². The molecule has 0 unspecified atom stereocenters. The molecule has 0 spiro atoms. The van der Waals surface area contributed by atoms with E-state index in [-0.39, 0.29) is 5.75 Å². The van der Waals surface area contributed by atoms with Crippen LogP contribution in [0.2, 0.25) is 0 Å². The number of halogens is 4. The molecule has 0 aliphatic heterocycles. The van der Waals surface area contributed by atoms with Crippen LogP contribution < -0.4 is 4.74 Å². The Kier molecular flexibility index (Phi) is 5.41. The Balaban J connectivity index is 0.000000861. The molecule has 0 fully saturated rings. The number of benzene rings is 1. The van der Waals surface area contributed by atoms with Gasteiger partial charge in [0.05, 0.1) is 16.4 Å². The predicted octanol–water partition coefficient (Wildman–Crippen LogP) is 4.56. The zero-order valence-electron chi connectivity index (χ0n) is 10.3. The quantitative estimate of drug-likeness (QED) is 0.803. The molecular weight excluding hydrogens is 325 g/mol. The van der Waals surface area contributed by atoms with Crippen LogP contribution in [0.15, 0.2) is 41.1 Å². The second-order valence-corrected chi connectivity index (χ2v) is 4.06. The zero-order chi connectivity index (χ0) is 14.5. The summed E-state index contributed by atoms with van der Waals surface area (Å²) in [6.07, 6.45) is -1.39. The van der Waals surface area contributed by atoms with Crippen LogP contribution in [0, 0.1) is 0 Å². The minimum absolute atomic E-state index is 0.257. The molecule has 1 aromatic heterocycles. The van der Waals surface area contributed by atoms with Crippen LogP contribution in [-0.2, 0) is 0 Å². The molecule has 2 rings (SSSR count). The SMILES string of the molecule is CC.FC(F)(F)Oc1ccc(-n2cc(Br)cn2)cc1. The summed E-state index contributed by atoms with van der Waals surface area (Å²) in [7, 11) is 0. The molecule has 0 atom stereocenters. The molecule has 0 amide bonds. The maximum atomic E-state index is 11.9. The molecule has 0 saturated carbocycles. The third-order valence-corrected chi connectivity index (χ3v) is 2.30. The Morgan fingerprint density at radius 3 is 2.16 bits per heavy atom. The van der Waals surface area contributed by atoms with E-state index in [0.29, 0.717) is 5.69 Å². The summed E-state index contributed by atoms with van der Waals surface area (Å²) in [5.41, 5.74) is 0.644. The average molecular weight is 337 g/mol. The highest BCUT2D eigenvalue weighted by molar-refractivity contribution is 9.10. The first kappa shape index (κ1) is 15.6. The van der Waals surface area contributed by atoms with Crippen LogP contribution in [0.5, 0.6) is 5.75 Å². The Labute approximate surface area is 117 Å². The number of ether oxygens (including phenoxy) is 1. The van der Waals surface area contributed by atoms with Gasteiger partial charge in [0.2, 0.25) is 0 Å². The number of hydrogen-bond donors (Lipinski definition) is 0. The average Bonchev–Trinajstić information content (AvgIpc) is 2.77. The van der Waals surface area contributed by atoms with Crippen LogP contribution in [0.4, 0.5) is 13.2 Å². The van der Waals surface area contributed by atoms with Crippen LogP contribution in [0.25, 0.3) is 5.69 Å². The maximum absolute atomic E-state index is 11.9. The van der Waals surface area contributed by atoms with Crippen molar-refractivity contribution < 1.29 is 17.9 Å². The highest BCUT2D eigenvalue weighted by Gasteiger charge is 2.30. The highest BCUT2D eigenvalue weighted by atomic mass is 79.9. The minimum atomic E-state index is -4.67. The number of alkyl halides is 3. The summed E-state index contributed by atoms with van der Waals surface area (Å²) in [6, 6.07) is 5.44. The van der Waals surface area contributed by atoms with Gasteiger partial charge in [-0.15, -0.1) is 13.2 Å². The fourth-order valence-corrected chi connectivity index (χ4v) is 1.53. The number of hydrogen-bond acceptors (Lipinski definition) is 2.